The van der Waals surface area contributed by atoms with Gasteiger partial charge in [-0.2, -0.15) is 0 Å². The standard InChI is InChI=1S/C14H16BCl2FO2/c1-13(2)14(3,4)20-15(19-13)12(18)8-9-5-6-10(16)11(17)7-9/h5-8H,1-4H3. The van der Waals surface area contributed by atoms with Gasteiger partial charge in [-0.15, -0.1) is 0 Å². The topological polar surface area (TPSA) is 18.5 Å². The molecule has 20 heavy (non-hydrogen) atoms. The predicted octanol–water partition coefficient (Wildman–Crippen LogP) is 4.94. The van der Waals surface area contributed by atoms with Crippen molar-refractivity contribution in [1.29, 1.82) is 0 Å². The summed E-state index contributed by atoms with van der Waals surface area (Å²) >= 11 is 11.7. The third kappa shape index (κ3) is 3.04. The van der Waals surface area contributed by atoms with Crippen LogP contribution >= 0.6 is 23.2 Å². The molecular formula is C14H16BCl2FO2. The van der Waals surface area contributed by atoms with E-state index in [0.717, 1.165) is 0 Å². The van der Waals surface area contributed by atoms with Gasteiger partial charge in [-0.3, -0.25) is 0 Å². The number of halogens is 3. The van der Waals surface area contributed by atoms with Gasteiger partial charge in [0.05, 0.1) is 21.2 Å². The molecule has 0 aliphatic carbocycles. The summed E-state index contributed by atoms with van der Waals surface area (Å²) in [4.78, 5) is 0. The van der Waals surface area contributed by atoms with Crippen LogP contribution in [-0.4, -0.2) is 18.3 Å². The molecule has 1 heterocycles. The Morgan fingerprint density at radius 2 is 1.65 bits per heavy atom. The third-order valence-corrected chi connectivity index (χ3v) is 4.47. The molecule has 1 aromatic carbocycles. The second kappa shape index (κ2) is 5.34. The van der Waals surface area contributed by atoms with E-state index in [1.165, 1.54) is 6.08 Å². The average Bonchev–Trinajstić information content (AvgIpc) is 2.53. The lowest BCUT2D eigenvalue weighted by atomic mass is 9.87. The van der Waals surface area contributed by atoms with E-state index in [4.69, 9.17) is 32.5 Å². The minimum absolute atomic E-state index is 0.377. The molecule has 0 spiro atoms. The van der Waals surface area contributed by atoms with E-state index in [1.54, 1.807) is 18.2 Å². The zero-order chi connectivity index (χ0) is 15.1. The predicted molar refractivity (Wildman–Crippen MR) is 81.6 cm³/mol. The van der Waals surface area contributed by atoms with Crippen molar-refractivity contribution in [3.8, 4) is 0 Å². The first-order valence-corrected chi connectivity index (χ1v) is 7.06. The van der Waals surface area contributed by atoms with Gasteiger partial charge in [0.25, 0.3) is 0 Å². The quantitative estimate of drug-likeness (QED) is 0.720. The number of benzene rings is 1. The minimum atomic E-state index is -1.01. The molecule has 6 heteroatoms. The number of rotatable bonds is 2. The number of hydrogen-bond acceptors (Lipinski definition) is 2. The SMILES string of the molecule is CC1(C)OB(C(F)=Cc2ccc(Cl)c(Cl)c2)OC1(C)C. The first-order valence-electron chi connectivity index (χ1n) is 6.30. The Labute approximate surface area is 129 Å². The molecular weight excluding hydrogens is 301 g/mol. The Kier molecular flexibility index (Phi) is 4.23. The van der Waals surface area contributed by atoms with Crippen LogP contribution in [0.5, 0.6) is 0 Å². The first-order chi connectivity index (χ1) is 9.12. The Balaban J connectivity index is 2.22. The van der Waals surface area contributed by atoms with Crippen LogP contribution in [0.4, 0.5) is 4.39 Å². The lowest BCUT2D eigenvalue weighted by Crippen LogP contribution is -2.41. The average molecular weight is 317 g/mol. The molecule has 0 radical (unpaired) electrons. The van der Waals surface area contributed by atoms with Crippen LogP contribution in [0.3, 0.4) is 0 Å². The van der Waals surface area contributed by atoms with Crippen molar-refractivity contribution in [2.24, 2.45) is 0 Å². The minimum Gasteiger partial charge on any atom is -0.398 e. The van der Waals surface area contributed by atoms with Gasteiger partial charge < -0.3 is 9.31 Å². The van der Waals surface area contributed by atoms with Gasteiger partial charge in [-0.25, -0.2) is 4.39 Å². The van der Waals surface area contributed by atoms with Crippen LogP contribution in [0, 0.1) is 0 Å². The summed E-state index contributed by atoms with van der Waals surface area (Å²) in [5.74, 6) is 0. The van der Waals surface area contributed by atoms with Gasteiger partial charge >= 0.3 is 7.12 Å². The maximum absolute atomic E-state index is 14.2. The smallest absolute Gasteiger partial charge is 0.398 e. The summed E-state index contributed by atoms with van der Waals surface area (Å²) in [6.45, 7) is 7.50. The van der Waals surface area contributed by atoms with Crippen LogP contribution in [0.15, 0.2) is 23.9 Å². The molecule has 2 nitrogen and oxygen atoms in total. The van der Waals surface area contributed by atoms with E-state index in [9.17, 15) is 4.39 Å². The second-order valence-electron chi connectivity index (χ2n) is 5.79. The molecule has 0 atom stereocenters. The molecule has 0 unspecified atom stereocenters. The summed E-state index contributed by atoms with van der Waals surface area (Å²) in [5.41, 5.74) is -1.03. The Hall–Kier alpha value is -0.545. The maximum Gasteiger partial charge on any atom is 0.525 e. The Morgan fingerprint density at radius 1 is 1.10 bits per heavy atom. The molecule has 0 bridgehead atoms. The summed E-state index contributed by atoms with van der Waals surface area (Å²) in [5, 5.41) is 0.807. The van der Waals surface area contributed by atoms with E-state index >= 15 is 0 Å². The highest BCUT2D eigenvalue weighted by molar-refractivity contribution is 6.54. The lowest BCUT2D eigenvalue weighted by Gasteiger charge is -2.32. The molecule has 1 fully saturated rings. The van der Waals surface area contributed by atoms with Crippen molar-refractivity contribution in [3.05, 3.63) is 39.5 Å². The van der Waals surface area contributed by atoms with Crippen molar-refractivity contribution >= 4 is 36.4 Å². The fourth-order valence-corrected chi connectivity index (χ4v) is 2.09. The lowest BCUT2D eigenvalue weighted by molar-refractivity contribution is 0.00578. The first kappa shape index (κ1) is 15.8. The Morgan fingerprint density at radius 3 is 2.15 bits per heavy atom. The van der Waals surface area contributed by atoms with Gasteiger partial charge in [-0.05, 0) is 51.5 Å². The van der Waals surface area contributed by atoms with Crippen molar-refractivity contribution in [2.45, 2.75) is 38.9 Å². The molecule has 108 valence electrons. The molecule has 0 N–H and O–H groups in total. The van der Waals surface area contributed by atoms with E-state index in [2.05, 4.69) is 0 Å². The monoisotopic (exact) mass is 316 g/mol. The van der Waals surface area contributed by atoms with Crippen molar-refractivity contribution in [3.63, 3.8) is 0 Å². The van der Waals surface area contributed by atoms with E-state index in [1.807, 2.05) is 27.7 Å². The van der Waals surface area contributed by atoms with Crippen molar-refractivity contribution < 1.29 is 13.7 Å². The fourth-order valence-electron chi connectivity index (χ4n) is 1.79. The molecule has 1 saturated heterocycles. The summed E-state index contributed by atoms with van der Waals surface area (Å²) in [6.07, 6.45) is 1.34. The van der Waals surface area contributed by atoms with Gasteiger partial charge in [0.2, 0.25) is 0 Å². The van der Waals surface area contributed by atoms with Crippen molar-refractivity contribution in [1.82, 2.24) is 0 Å². The van der Waals surface area contributed by atoms with Gasteiger partial charge in [0.15, 0.2) is 0 Å². The van der Waals surface area contributed by atoms with Crippen LogP contribution in [0.1, 0.15) is 33.3 Å². The molecule has 0 aromatic heterocycles. The second-order valence-corrected chi connectivity index (χ2v) is 6.61. The van der Waals surface area contributed by atoms with Crippen molar-refractivity contribution in [2.75, 3.05) is 0 Å². The molecule has 0 amide bonds. The van der Waals surface area contributed by atoms with Crippen LogP contribution < -0.4 is 0 Å². The third-order valence-electron chi connectivity index (χ3n) is 3.73. The highest BCUT2D eigenvalue weighted by Gasteiger charge is 2.53. The Bertz CT molecular complexity index is 542. The normalized spacial score (nSPS) is 21.4. The highest BCUT2D eigenvalue weighted by atomic mass is 35.5. The number of hydrogen-bond donors (Lipinski definition) is 0. The van der Waals surface area contributed by atoms with Gasteiger partial charge in [-0.1, -0.05) is 29.3 Å². The molecule has 1 aromatic rings. The largest absolute Gasteiger partial charge is 0.525 e. The summed E-state index contributed by atoms with van der Waals surface area (Å²) in [6, 6.07) is 4.89. The summed E-state index contributed by atoms with van der Waals surface area (Å²) in [7, 11) is -1.01. The van der Waals surface area contributed by atoms with Crippen LogP contribution in [0.2, 0.25) is 10.0 Å². The van der Waals surface area contributed by atoms with E-state index < -0.39 is 24.0 Å². The molecule has 2 rings (SSSR count). The van der Waals surface area contributed by atoms with Gasteiger partial charge in [0, 0.05) is 0 Å². The summed E-state index contributed by atoms with van der Waals surface area (Å²) < 4.78 is 25.5. The molecule has 0 saturated carbocycles. The van der Waals surface area contributed by atoms with E-state index in [-0.39, 0.29) is 0 Å². The van der Waals surface area contributed by atoms with Crippen LogP contribution in [-0.2, 0) is 9.31 Å². The molecule has 1 aliphatic rings. The highest BCUT2D eigenvalue weighted by Crippen LogP contribution is 2.39. The van der Waals surface area contributed by atoms with Crippen LogP contribution in [0.25, 0.3) is 6.08 Å². The zero-order valence-corrected chi connectivity index (χ0v) is 13.3. The zero-order valence-electron chi connectivity index (χ0n) is 11.8. The van der Waals surface area contributed by atoms with Gasteiger partial charge in [0.1, 0.15) is 5.73 Å². The molecule has 1 aliphatic heterocycles. The maximum atomic E-state index is 14.2. The fraction of sp³-hybridized carbons (Fsp3) is 0.429. The van der Waals surface area contributed by atoms with E-state index in [0.29, 0.717) is 15.6 Å².